The van der Waals surface area contributed by atoms with Gasteiger partial charge in [-0.15, -0.1) is 0 Å². The first-order chi connectivity index (χ1) is 29.0. The van der Waals surface area contributed by atoms with E-state index in [9.17, 15) is 19.2 Å². The van der Waals surface area contributed by atoms with Gasteiger partial charge in [0.25, 0.3) is 0 Å². The molecule has 12 nitrogen and oxygen atoms in total. The topological polar surface area (TPSA) is 142 Å². The maximum absolute atomic E-state index is 12.7. The number of rotatable bonds is 22. The van der Waals surface area contributed by atoms with E-state index in [1.807, 2.05) is 97.1 Å². The number of benzene rings is 4. The third kappa shape index (κ3) is 16.0. The van der Waals surface area contributed by atoms with Gasteiger partial charge in [0.2, 0.25) is 0 Å². The Morgan fingerprint density at radius 3 is 0.833 bits per heavy atom. The van der Waals surface area contributed by atoms with Crippen molar-refractivity contribution < 1.29 is 57.1 Å². The second-order valence-electron chi connectivity index (χ2n) is 14.2. The van der Waals surface area contributed by atoms with Crippen molar-refractivity contribution in [3.05, 3.63) is 119 Å². The van der Waals surface area contributed by atoms with Gasteiger partial charge in [-0.3, -0.25) is 19.2 Å². The molecular formula is C48H60O12. The van der Waals surface area contributed by atoms with Crippen molar-refractivity contribution in [3.8, 4) is 23.0 Å². The highest BCUT2D eigenvalue weighted by atomic mass is 16.5. The Bertz CT molecular complexity index is 1730. The first-order valence-corrected chi connectivity index (χ1v) is 19.8. The van der Waals surface area contributed by atoms with Crippen LogP contribution in [0.5, 0.6) is 23.0 Å². The van der Waals surface area contributed by atoms with Crippen molar-refractivity contribution in [3.63, 3.8) is 0 Å². The summed E-state index contributed by atoms with van der Waals surface area (Å²) in [7, 11) is 12.0. The van der Waals surface area contributed by atoms with Crippen molar-refractivity contribution in [2.24, 2.45) is 23.7 Å². The lowest BCUT2D eigenvalue weighted by molar-refractivity contribution is -0.149. The molecule has 0 spiro atoms. The Hall–Kier alpha value is -6.04. The minimum absolute atomic E-state index is 0.0907. The number of ether oxygens (including phenoxy) is 8. The van der Waals surface area contributed by atoms with Crippen LogP contribution in [-0.4, -0.2) is 80.8 Å². The molecule has 0 radical (unpaired) electrons. The van der Waals surface area contributed by atoms with Gasteiger partial charge >= 0.3 is 23.9 Å². The smallest absolute Gasteiger partial charge is 0.309 e. The third-order valence-corrected chi connectivity index (χ3v) is 10.6. The van der Waals surface area contributed by atoms with Crippen LogP contribution < -0.4 is 18.9 Å². The van der Waals surface area contributed by atoms with Gasteiger partial charge in [0.05, 0.1) is 68.7 Å². The Morgan fingerprint density at radius 1 is 0.367 bits per heavy atom. The molecule has 0 saturated heterocycles. The fourth-order valence-electron chi connectivity index (χ4n) is 7.05. The molecule has 0 heterocycles. The molecule has 0 N–H and O–H groups in total. The zero-order chi connectivity index (χ0) is 43.9. The number of carbonyl (C=O) groups is 4. The zero-order valence-corrected chi connectivity index (χ0v) is 36.1. The summed E-state index contributed by atoms with van der Waals surface area (Å²) in [6.07, 6.45) is 3.83. The van der Waals surface area contributed by atoms with Crippen LogP contribution in [-0.2, 0) is 63.8 Å². The molecule has 60 heavy (non-hydrogen) atoms. The average Bonchev–Trinajstić information content (AvgIpc) is 3.30. The molecule has 0 saturated carbocycles. The lowest BCUT2D eigenvalue weighted by atomic mass is 9.80. The van der Waals surface area contributed by atoms with E-state index in [1.165, 1.54) is 28.4 Å². The summed E-state index contributed by atoms with van der Waals surface area (Å²) in [6.45, 7) is 0. The van der Waals surface area contributed by atoms with Crippen LogP contribution in [0.4, 0.5) is 0 Å². The molecule has 4 rings (SSSR count). The predicted molar refractivity (Wildman–Crippen MR) is 227 cm³/mol. The van der Waals surface area contributed by atoms with E-state index in [0.29, 0.717) is 38.5 Å². The molecule has 4 atom stereocenters. The molecule has 4 aromatic rings. The molecule has 12 heteroatoms. The van der Waals surface area contributed by atoms with Crippen LogP contribution in [0.3, 0.4) is 0 Å². The van der Waals surface area contributed by atoms with Gasteiger partial charge in [-0.1, -0.05) is 48.5 Å². The van der Waals surface area contributed by atoms with E-state index < -0.39 is 11.8 Å². The lowest BCUT2D eigenvalue weighted by Crippen LogP contribution is -2.29. The van der Waals surface area contributed by atoms with Crippen LogP contribution in [0.1, 0.15) is 47.9 Å². The zero-order valence-electron chi connectivity index (χ0n) is 36.1. The summed E-state index contributed by atoms with van der Waals surface area (Å²) >= 11 is 0. The van der Waals surface area contributed by atoms with Crippen LogP contribution in [0.15, 0.2) is 97.1 Å². The molecule has 0 fully saturated rings. The van der Waals surface area contributed by atoms with Crippen molar-refractivity contribution in [1.82, 2.24) is 0 Å². The minimum atomic E-state index is -0.393. The van der Waals surface area contributed by atoms with E-state index in [2.05, 4.69) is 0 Å². The van der Waals surface area contributed by atoms with Crippen molar-refractivity contribution in [2.75, 3.05) is 56.9 Å². The molecule has 0 unspecified atom stereocenters. The van der Waals surface area contributed by atoms with E-state index in [1.54, 1.807) is 28.4 Å². The Labute approximate surface area is 354 Å². The fraction of sp³-hybridized carbons (Fsp3) is 0.417. The first-order valence-electron chi connectivity index (χ1n) is 19.8. The largest absolute Gasteiger partial charge is 0.497 e. The summed E-state index contributed by atoms with van der Waals surface area (Å²) in [4.78, 5) is 49.0. The van der Waals surface area contributed by atoms with Gasteiger partial charge in [0.1, 0.15) is 23.0 Å². The molecule has 0 amide bonds. The molecule has 324 valence electrons. The van der Waals surface area contributed by atoms with Crippen molar-refractivity contribution >= 4 is 23.9 Å². The monoisotopic (exact) mass is 828 g/mol. The summed E-state index contributed by atoms with van der Waals surface area (Å²) < 4.78 is 40.7. The second-order valence-corrected chi connectivity index (χ2v) is 14.2. The summed E-state index contributed by atoms with van der Waals surface area (Å²) in [6, 6.07) is 30.7. The molecule has 0 aliphatic heterocycles. The summed E-state index contributed by atoms with van der Waals surface area (Å²) in [5.41, 5.74) is 4.14. The van der Waals surface area contributed by atoms with Crippen LogP contribution in [0.25, 0.3) is 0 Å². The van der Waals surface area contributed by atoms with E-state index >= 15 is 0 Å². The number of hydrogen-bond donors (Lipinski definition) is 0. The molecule has 0 bridgehead atoms. The Kier molecular flexibility index (Phi) is 21.1. The van der Waals surface area contributed by atoms with Gasteiger partial charge < -0.3 is 37.9 Å². The average molecular weight is 829 g/mol. The minimum Gasteiger partial charge on any atom is -0.497 e. The van der Waals surface area contributed by atoms with Crippen molar-refractivity contribution in [2.45, 2.75) is 51.4 Å². The Balaban J connectivity index is 0.000000320. The van der Waals surface area contributed by atoms with Crippen LogP contribution >= 0.6 is 0 Å². The highest BCUT2D eigenvalue weighted by Crippen LogP contribution is 2.31. The first kappa shape index (κ1) is 48.3. The highest BCUT2D eigenvalue weighted by Gasteiger charge is 2.32. The van der Waals surface area contributed by atoms with Gasteiger partial charge in [-0.2, -0.15) is 0 Å². The second kappa shape index (κ2) is 26.1. The third-order valence-electron chi connectivity index (χ3n) is 10.6. The maximum Gasteiger partial charge on any atom is 0.309 e. The SMILES string of the molecule is COC(=O)CC[C@@H](Cc1ccc(OC)cc1)[C@H](Cc1ccc(OC)cc1)C(=O)OC.COC(=O)CC[C@H](Cc1ccc(OC)cc1)[C@@H](Cc1ccc(OC)cc1)C(=O)OC. The predicted octanol–water partition coefficient (Wildman–Crippen LogP) is 7.70. The van der Waals surface area contributed by atoms with Crippen LogP contribution in [0.2, 0.25) is 0 Å². The van der Waals surface area contributed by atoms with Gasteiger partial charge in [-0.25, -0.2) is 0 Å². The van der Waals surface area contributed by atoms with Crippen molar-refractivity contribution in [1.29, 1.82) is 0 Å². The molecule has 0 aliphatic carbocycles. The highest BCUT2D eigenvalue weighted by molar-refractivity contribution is 5.74. The van der Waals surface area contributed by atoms with Gasteiger partial charge in [-0.05, 0) is 121 Å². The number of carbonyl (C=O) groups excluding carboxylic acids is 4. The molecule has 0 aromatic heterocycles. The molecular weight excluding hydrogens is 769 g/mol. The standard InChI is InChI=1S/2C24H30O6/c2*1-27-20-10-5-17(6-11-20)15-19(9-14-23(25)29-3)22(24(26)30-4)16-18-7-12-21(28-2)13-8-18/h2*5-8,10-13,19,22H,9,14-16H2,1-4H3/t2*19-,22-/m10/s1. The summed E-state index contributed by atoms with van der Waals surface area (Å²) in [5, 5.41) is 0. The van der Waals surface area contributed by atoms with E-state index in [0.717, 1.165) is 45.3 Å². The molecule has 0 aliphatic rings. The molecule has 4 aromatic carbocycles. The fourth-order valence-corrected chi connectivity index (χ4v) is 7.05. The quantitative estimate of drug-likeness (QED) is 0.0566. The number of esters is 4. The van der Waals surface area contributed by atoms with Gasteiger partial charge in [0.15, 0.2) is 0 Å². The van der Waals surface area contributed by atoms with E-state index in [-0.39, 0.29) is 48.6 Å². The maximum atomic E-state index is 12.7. The number of hydrogen-bond acceptors (Lipinski definition) is 12. The summed E-state index contributed by atoms with van der Waals surface area (Å²) in [5.74, 6) is 0.946. The van der Waals surface area contributed by atoms with Crippen LogP contribution in [0, 0.1) is 23.7 Å². The van der Waals surface area contributed by atoms with Gasteiger partial charge in [0, 0.05) is 12.8 Å². The normalized spacial score (nSPS) is 12.5. The van der Waals surface area contributed by atoms with E-state index in [4.69, 9.17) is 37.9 Å². The lowest BCUT2D eigenvalue weighted by Gasteiger charge is -2.25. The number of methoxy groups -OCH3 is 8. The Morgan fingerprint density at radius 2 is 0.617 bits per heavy atom.